The number of nitrogens with one attached hydrogen (secondary N) is 1. The van der Waals surface area contributed by atoms with Gasteiger partial charge in [-0.3, -0.25) is 0 Å². The van der Waals surface area contributed by atoms with Gasteiger partial charge in [-0.2, -0.15) is 0 Å². The molecule has 0 radical (unpaired) electrons. The van der Waals surface area contributed by atoms with E-state index in [4.69, 9.17) is 34.1 Å². The Morgan fingerprint density at radius 3 is 2.05 bits per heavy atom. The molecule has 1 rings (SSSR count). The number of halogens is 2. The largest absolute Gasteiger partial charge is 0.399 e. The Morgan fingerprint density at radius 1 is 1.10 bits per heavy atom. The summed E-state index contributed by atoms with van der Waals surface area (Å²) in [4.78, 5) is -0.300. The van der Waals surface area contributed by atoms with Crippen molar-refractivity contribution in [2.75, 3.05) is 18.0 Å². The van der Waals surface area contributed by atoms with Gasteiger partial charge in [0.1, 0.15) is 4.90 Å². The predicted molar refractivity (Wildman–Crippen MR) is 78.7 cm³/mol. The summed E-state index contributed by atoms with van der Waals surface area (Å²) in [5.41, 5.74) is 5.71. The summed E-state index contributed by atoms with van der Waals surface area (Å²) in [5.74, 6) is -0.335. The van der Waals surface area contributed by atoms with Gasteiger partial charge in [-0.05, 0) is 18.6 Å². The molecule has 11 heteroatoms. The quantitative estimate of drug-likeness (QED) is 0.502. The Bertz CT molecular complexity index is 681. The molecule has 0 amide bonds. The first-order valence-corrected chi connectivity index (χ1v) is 9.23. The Labute approximate surface area is 127 Å². The summed E-state index contributed by atoms with van der Waals surface area (Å²) in [6.07, 6.45) is 0.0300. The topological polar surface area (TPSA) is 132 Å². The highest BCUT2D eigenvalue weighted by atomic mass is 35.5. The zero-order valence-electron chi connectivity index (χ0n) is 10.1. The van der Waals surface area contributed by atoms with Gasteiger partial charge < -0.3 is 5.73 Å². The number of anilines is 1. The van der Waals surface area contributed by atoms with E-state index in [-0.39, 0.29) is 39.3 Å². The van der Waals surface area contributed by atoms with E-state index in [1.54, 1.807) is 0 Å². The van der Waals surface area contributed by atoms with E-state index in [1.807, 2.05) is 0 Å². The Hall–Kier alpha value is -0.580. The van der Waals surface area contributed by atoms with E-state index in [0.717, 1.165) is 0 Å². The minimum Gasteiger partial charge on any atom is -0.399 e. The lowest BCUT2D eigenvalue weighted by molar-refractivity contribution is 0.576. The molecule has 20 heavy (non-hydrogen) atoms. The van der Waals surface area contributed by atoms with Crippen LogP contribution in [0.1, 0.15) is 6.42 Å². The molecule has 7 nitrogen and oxygen atoms in total. The van der Waals surface area contributed by atoms with Crippen molar-refractivity contribution < 1.29 is 16.8 Å². The third-order valence-corrected chi connectivity index (χ3v) is 5.43. The number of nitrogen functional groups attached to an aromatic ring is 1. The summed E-state index contributed by atoms with van der Waals surface area (Å²) >= 11 is 11.6. The number of rotatable bonds is 6. The summed E-state index contributed by atoms with van der Waals surface area (Å²) in [5, 5.41) is 4.57. The van der Waals surface area contributed by atoms with Crippen LogP contribution in [0.15, 0.2) is 17.0 Å². The Balaban J connectivity index is 2.85. The molecule has 0 unspecified atom stereocenters. The molecule has 1 aromatic rings. The van der Waals surface area contributed by atoms with Crippen LogP contribution >= 0.6 is 23.2 Å². The van der Waals surface area contributed by atoms with Crippen molar-refractivity contribution in [3.05, 3.63) is 22.2 Å². The van der Waals surface area contributed by atoms with Crippen LogP contribution < -0.4 is 15.6 Å². The fraction of sp³-hybridized carbons (Fsp3) is 0.333. The molecule has 0 fully saturated rings. The van der Waals surface area contributed by atoms with Crippen molar-refractivity contribution in [3.63, 3.8) is 0 Å². The van der Waals surface area contributed by atoms with E-state index in [9.17, 15) is 16.8 Å². The van der Waals surface area contributed by atoms with Crippen LogP contribution in [0.4, 0.5) is 5.69 Å². The Morgan fingerprint density at radius 2 is 1.60 bits per heavy atom. The van der Waals surface area contributed by atoms with E-state index in [0.29, 0.717) is 0 Å². The number of hydrogen-bond acceptors (Lipinski definition) is 5. The van der Waals surface area contributed by atoms with Gasteiger partial charge in [-0.25, -0.2) is 26.7 Å². The van der Waals surface area contributed by atoms with Crippen LogP contribution in [0.5, 0.6) is 0 Å². The number of benzene rings is 1. The molecule has 0 aliphatic carbocycles. The highest BCUT2D eigenvalue weighted by Gasteiger charge is 2.22. The first kappa shape index (κ1) is 17.5. The van der Waals surface area contributed by atoms with Crippen LogP contribution in [-0.4, -0.2) is 29.1 Å². The monoisotopic (exact) mass is 361 g/mol. The van der Waals surface area contributed by atoms with Crippen molar-refractivity contribution in [2.24, 2.45) is 5.14 Å². The molecule has 0 saturated carbocycles. The van der Waals surface area contributed by atoms with Crippen molar-refractivity contribution in [2.45, 2.75) is 11.3 Å². The second kappa shape index (κ2) is 6.46. The van der Waals surface area contributed by atoms with Crippen LogP contribution in [0.2, 0.25) is 10.0 Å². The summed E-state index contributed by atoms with van der Waals surface area (Å²) in [6, 6.07) is 2.51. The zero-order chi connectivity index (χ0) is 15.6. The first-order valence-electron chi connectivity index (χ1n) is 5.27. The third-order valence-electron chi connectivity index (χ3n) is 2.19. The number of hydrogen-bond donors (Lipinski definition) is 3. The molecule has 0 spiro atoms. The second-order valence-corrected chi connectivity index (χ2v) is 8.18. The van der Waals surface area contributed by atoms with Gasteiger partial charge in [0, 0.05) is 12.2 Å². The average Bonchev–Trinajstić information content (AvgIpc) is 2.21. The molecule has 0 atom stereocenters. The summed E-state index contributed by atoms with van der Waals surface area (Å²) < 4.78 is 47.6. The molecule has 114 valence electrons. The normalized spacial score (nSPS) is 12.6. The van der Waals surface area contributed by atoms with Crippen LogP contribution in [0.25, 0.3) is 0 Å². The van der Waals surface area contributed by atoms with Gasteiger partial charge in [0.15, 0.2) is 0 Å². The average molecular weight is 362 g/mol. The first-order chi connectivity index (χ1) is 9.03. The van der Waals surface area contributed by atoms with Gasteiger partial charge >= 0.3 is 0 Å². The molecule has 0 heterocycles. The minimum atomic E-state index is -3.96. The Kier molecular flexibility index (Phi) is 5.64. The van der Waals surface area contributed by atoms with Crippen molar-refractivity contribution in [3.8, 4) is 0 Å². The van der Waals surface area contributed by atoms with Gasteiger partial charge in [0.2, 0.25) is 20.0 Å². The van der Waals surface area contributed by atoms with Gasteiger partial charge in [0.25, 0.3) is 0 Å². The SMILES string of the molecule is Nc1cc(Cl)c(S(=O)(=O)NCCCS(N)(=O)=O)c(Cl)c1. The molecule has 1 aromatic carbocycles. The fourth-order valence-corrected chi connectivity index (χ4v) is 4.24. The van der Waals surface area contributed by atoms with Crippen LogP contribution in [-0.2, 0) is 20.0 Å². The number of primary sulfonamides is 1. The lowest BCUT2D eigenvalue weighted by atomic mass is 10.3. The molecule has 0 saturated heterocycles. The van der Waals surface area contributed by atoms with E-state index in [2.05, 4.69) is 4.72 Å². The number of sulfonamides is 2. The standard InChI is InChI=1S/C9H13Cl2N3O4S2/c10-7-4-6(12)5-8(11)9(7)20(17,18)14-2-1-3-19(13,15)16/h4-5,14H,1-3,12H2,(H2,13,15,16). The smallest absolute Gasteiger partial charge is 0.243 e. The number of nitrogens with two attached hydrogens (primary N) is 2. The molecular formula is C9H13Cl2N3O4S2. The van der Waals surface area contributed by atoms with Crippen LogP contribution in [0.3, 0.4) is 0 Å². The fourth-order valence-electron chi connectivity index (χ4n) is 1.39. The molecule has 0 aliphatic rings. The van der Waals surface area contributed by atoms with Crippen LogP contribution in [0, 0.1) is 0 Å². The molecule has 0 aromatic heterocycles. The second-order valence-electron chi connectivity index (χ2n) is 3.93. The van der Waals surface area contributed by atoms with E-state index < -0.39 is 20.0 Å². The molecule has 5 N–H and O–H groups in total. The zero-order valence-corrected chi connectivity index (χ0v) is 13.3. The summed E-state index contributed by atoms with van der Waals surface area (Å²) in [7, 11) is -7.59. The predicted octanol–water partition coefficient (Wildman–Crippen LogP) is 0.533. The van der Waals surface area contributed by atoms with Crippen molar-refractivity contribution in [1.82, 2.24) is 4.72 Å². The lowest BCUT2D eigenvalue weighted by Crippen LogP contribution is -2.28. The summed E-state index contributed by atoms with van der Waals surface area (Å²) in [6.45, 7) is -0.115. The van der Waals surface area contributed by atoms with Gasteiger partial charge in [-0.15, -0.1) is 0 Å². The van der Waals surface area contributed by atoms with Gasteiger partial charge in [-0.1, -0.05) is 23.2 Å². The molecule has 0 bridgehead atoms. The maximum absolute atomic E-state index is 12.0. The molecular weight excluding hydrogens is 349 g/mol. The lowest BCUT2D eigenvalue weighted by Gasteiger charge is -2.10. The highest BCUT2D eigenvalue weighted by molar-refractivity contribution is 7.90. The van der Waals surface area contributed by atoms with Crippen molar-refractivity contribution >= 4 is 48.9 Å². The molecule has 0 aliphatic heterocycles. The minimum absolute atomic E-state index is 0.0300. The maximum Gasteiger partial charge on any atom is 0.243 e. The van der Waals surface area contributed by atoms with E-state index in [1.165, 1.54) is 12.1 Å². The van der Waals surface area contributed by atoms with Crippen molar-refractivity contribution in [1.29, 1.82) is 0 Å². The maximum atomic E-state index is 12.0. The third kappa shape index (κ3) is 5.08. The highest BCUT2D eigenvalue weighted by Crippen LogP contribution is 2.31. The van der Waals surface area contributed by atoms with E-state index >= 15 is 0 Å². The van der Waals surface area contributed by atoms with Gasteiger partial charge in [0.05, 0.1) is 15.8 Å².